The molecular formula is C30H39N5O2. The first kappa shape index (κ1) is 25.5. The molecule has 196 valence electrons. The second kappa shape index (κ2) is 11.5. The molecule has 0 spiro atoms. The molecule has 2 atom stereocenters. The van der Waals surface area contributed by atoms with E-state index in [9.17, 15) is 4.79 Å². The molecule has 0 saturated carbocycles. The van der Waals surface area contributed by atoms with E-state index in [4.69, 9.17) is 4.52 Å². The Morgan fingerprint density at radius 2 is 1.89 bits per heavy atom. The molecule has 0 bridgehead atoms. The van der Waals surface area contributed by atoms with Crippen LogP contribution in [0.4, 0.5) is 5.69 Å². The molecule has 2 fully saturated rings. The third kappa shape index (κ3) is 6.39. The summed E-state index contributed by atoms with van der Waals surface area (Å²) in [6.07, 6.45) is 4.40. The highest BCUT2D eigenvalue weighted by molar-refractivity contribution is 5.79. The maximum Gasteiger partial charge on any atom is 0.241 e. The number of nitrogens with zero attached hydrogens (tertiary/aromatic N) is 4. The van der Waals surface area contributed by atoms with E-state index in [1.165, 1.54) is 18.5 Å². The summed E-state index contributed by atoms with van der Waals surface area (Å²) in [7, 11) is 0. The Balaban J connectivity index is 1.13. The number of nitrogens with one attached hydrogen (secondary N) is 1. The highest BCUT2D eigenvalue weighted by Crippen LogP contribution is 2.26. The van der Waals surface area contributed by atoms with Crippen molar-refractivity contribution in [3.05, 3.63) is 65.5 Å². The topological polar surface area (TPSA) is 74.5 Å². The number of carbonyl (C=O) groups excluding carboxylic acids is 1. The minimum atomic E-state index is -0.0371. The van der Waals surface area contributed by atoms with Crippen molar-refractivity contribution in [2.75, 3.05) is 31.1 Å². The molecule has 2 aromatic carbocycles. The van der Waals surface area contributed by atoms with Gasteiger partial charge < -0.3 is 14.7 Å². The van der Waals surface area contributed by atoms with Crippen LogP contribution in [0.5, 0.6) is 0 Å². The number of amides is 1. The van der Waals surface area contributed by atoms with Crippen LogP contribution >= 0.6 is 0 Å². The molecule has 3 aromatic rings. The summed E-state index contributed by atoms with van der Waals surface area (Å²) < 4.78 is 5.53. The summed E-state index contributed by atoms with van der Waals surface area (Å²) in [6.45, 7) is 10.9. The average Bonchev–Trinajstić information content (AvgIpc) is 3.38. The van der Waals surface area contributed by atoms with Gasteiger partial charge in [-0.25, -0.2) is 0 Å². The van der Waals surface area contributed by atoms with Gasteiger partial charge >= 0.3 is 0 Å². The van der Waals surface area contributed by atoms with Crippen LogP contribution in [0.1, 0.15) is 62.6 Å². The summed E-state index contributed by atoms with van der Waals surface area (Å²) in [6, 6.07) is 16.8. The minimum Gasteiger partial charge on any atom is -0.372 e. The number of hydrogen-bond donors (Lipinski definition) is 1. The number of piperidine rings is 2. The normalized spacial score (nSPS) is 20.1. The van der Waals surface area contributed by atoms with E-state index >= 15 is 0 Å². The van der Waals surface area contributed by atoms with Crippen molar-refractivity contribution in [1.29, 1.82) is 0 Å². The van der Waals surface area contributed by atoms with Gasteiger partial charge in [0, 0.05) is 30.9 Å². The third-order valence-corrected chi connectivity index (χ3v) is 7.88. The van der Waals surface area contributed by atoms with Gasteiger partial charge in [-0.2, -0.15) is 4.98 Å². The number of anilines is 1. The molecule has 1 N–H and O–H groups in total. The molecule has 2 unspecified atom stereocenters. The second-order valence-electron chi connectivity index (χ2n) is 10.9. The van der Waals surface area contributed by atoms with Crippen molar-refractivity contribution in [3.8, 4) is 11.4 Å². The molecule has 1 amide bonds. The predicted octanol–water partition coefficient (Wildman–Crippen LogP) is 5.37. The lowest BCUT2D eigenvalue weighted by atomic mass is 9.96. The van der Waals surface area contributed by atoms with Crippen LogP contribution in [0.25, 0.3) is 11.4 Å². The minimum absolute atomic E-state index is 0.0221. The molecule has 7 heteroatoms. The van der Waals surface area contributed by atoms with Crippen molar-refractivity contribution in [3.63, 3.8) is 0 Å². The van der Waals surface area contributed by atoms with E-state index in [-0.39, 0.29) is 17.9 Å². The maximum atomic E-state index is 13.1. The van der Waals surface area contributed by atoms with E-state index in [0.717, 1.165) is 55.1 Å². The smallest absolute Gasteiger partial charge is 0.241 e. The van der Waals surface area contributed by atoms with Crippen LogP contribution in [0.15, 0.2) is 53.1 Å². The number of rotatable bonds is 7. The standard InChI is InChI=1S/C30H39N5O2/c1-21-13-16-35(17-14-21)27-11-9-24(10-12-27)23(3)31-30(36)26-8-5-15-34(19-26)20-28-32-29(33-37-28)25-7-4-6-22(2)18-25/h4,6-7,9-12,18,21,23,26H,5,8,13-17,19-20H2,1-3H3,(H,31,36). The third-order valence-electron chi connectivity index (χ3n) is 7.88. The van der Waals surface area contributed by atoms with Crippen molar-refractivity contribution in [2.24, 2.45) is 11.8 Å². The van der Waals surface area contributed by atoms with Crippen LogP contribution in [-0.2, 0) is 11.3 Å². The lowest BCUT2D eigenvalue weighted by molar-refractivity contribution is -0.127. The van der Waals surface area contributed by atoms with Gasteiger partial charge in [-0.1, -0.05) is 48.0 Å². The molecule has 5 rings (SSSR count). The van der Waals surface area contributed by atoms with Gasteiger partial charge in [0.1, 0.15) is 0 Å². The first-order valence-corrected chi connectivity index (χ1v) is 13.7. The van der Waals surface area contributed by atoms with Crippen LogP contribution in [-0.4, -0.2) is 47.1 Å². The van der Waals surface area contributed by atoms with Gasteiger partial charge in [-0.3, -0.25) is 9.69 Å². The molecule has 37 heavy (non-hydrogen) atoms. The van der Waals surface area contributed by atoms with E-state index in [0.29, 0.717) is 24.8 Å². The number of hydrogen-bond acceptors (Lipinski definition) is 6. The summed E-state index contributed by atoms with van der Waals surface area (Å²) in [5, 5.41) is 7.42. The van der Waals surface area contributed by atoms with E-state index < -0.39 is 0 Å². The Kier molecular flexibility index (Phi) is 7.89. The van der Waals surface area contributed by atoms with Gasteiger partial charge in [0.05, 0.1) is 18.5 Å². The van der Waals surface area contributed by atoms with Crippen molar-refractivity contribution < 1.29 is 9.32 Å². The Bertz CT molecular complexity index is 1180. The van der Waals surface area contributed by atoms with Crippen LogP contribution in [0, 0.1) is 18.8 Å². The predicted molar refractivity (Wildman–Crippen MR) is 146 cm³/mol. The van der Waals surface area contributed by atoms with Crippen LogP contribution in [0.2, 0.25) is 0 Å². The Morgan fingerprint density at radius 1 is 1.11 bits per heavy atom. The Labute approximate surface area is 220 Å². The number of carbonyl (C=O) groups is 1. The molecule has 2 saturated heterocycles. The number of aryl methyl sites for hydroxylation is 1. The fraction of sp³-hybridized carbons (Fsp3) is 0.500. The quantitative estimate of drug-likeness (QED) is 0.469. The monoisotopic (exact) mass is 501 g/mol. The zero-order valence-corrected chi connectivity index (χ0v) is 22.3. The summed E-state index contributed by atoms with van der Waals surface area (Å²) in [4.78, 5) is 22.5. The van der Waals surface area contributed by atoms with Gasteiger partial charge in [0.15, 0.2) is 0 Å². The largest absolute Gasteiger partial charge is 0.372 e. The fourth-order valence-electron chi connectivity index (χ4n) is 5.48. The molecule has 7 nitrogen and oxygen atoms in total. The Morgan fingerprint density at radius 3 is 2.65 bits per heavy atom. The molecule has 1 aromatic heterocycles. The zero-order valence-electron chi connectivity index (χ0n) is 22.3. The van der Waals surface area contributed by atoms with Crippen molar-refractivity contribution in [1.82, 2.24) is 20.4 Å². The van der Waals surface area contributed by atoms with Crippen LogP contribution in [0.3, 0.4) is 0 Å². The van der Waals surface area contributed by atoms with Gasteiger partial charge in [-0.05, 0) is 75.8 Å². The molecule has 0 aliphatic carbocycles. The lowest BCUT2D eigenvalue weighted by Crippen LogP contribution is -2.43. The molecule has 0 radical (unpaired) electrons. The van der Waals surface area contributed by atoms with Crippen LogP contribution < -0.4 is 10.2 Å². The lowest BCUT2D eigenvalue weighted by Gasteiger charge is -2.32. The summed E-state index contributed by atoms with van der Waals surface area (Å²) in [5.74, 6) is 2.11. The highest BCUT2D eigenvalue weighted by atomic mass is 16.5. The fourth-order valence-corrected chi connectivity index (χ4v) is 5.48. The van der Waals surface area contributed by atoms with Crippen molar-refractivity contribution in [2.45, 2.75) is 59.0 Å². The molecular weight excluding hydrogens is 462 g/mol. The number of benzene rings is 2. The SMILES string of the molecule is Cc1cccc(-c2noc(CN3CCCC(C(=O)NC(C)c4ccc(N5CCC(C)CC5)cc4)C3)n2)c1. The first-order chi connectivity index (χ1) is 17.9. The van der Waals surface area contributed by atoms with E-state index in [2.05, 4.69) is 82.4 Å². The molecule has 3 heterocycles. The highest BCUT2D eigenvalue weighted by Gasteiger charge is 2.28. The number of aromatic nitrogens is 2. The van der Waals surface area contributed by atoms with Crippen molar-refractivity contribution >= 4 is 11.6 Å². The maximum absolute atomic E-state index is 13.1. The summed E-state index contributed by atoms with van der Waals surface area (Å²) in [5.41, 5.74) is 4.54. The second-order valence-corrected chi connectivity index (χ2v) is 10.9. The van der Waals surface area contributed by atoms with E-state index in [1.807, 2.05) is 12.1 Å². The molecule has 2 aliphatic heterocycles. The number of likely N-dealkylation sites (tertiary alicyclic amines) is 1. The molecule has 2 aliphatic rings. The summed E-state index contributed by atoms with van der Waals surface area (Å²) >= 11 is 0. The van der Waals surface area contributed by atoms with Gasteiger partial charge in [0.25, 0.3) is 0 Å². The Hall–Kier alpha value is -3.19. The average molecular weight is 502 g/mol. The van der Waals surface area contributed by atoms with Gasteiger partial charge in [0.2, 0.25) is 17.6 Å². The zero-order chi connectivity index (χ0) is 25.8. The van der Waals surface area contributed by atoms with E-state index in [1.54, 1.807) is 0 Å². The first-order valence-electron chi connectivity index (χ1n) is 13.7. The van der Waals surface area contributed by atoms with Gasteiger partial charge in [-0.15, -0.1) is 0 Å².